The summed E-state index contributed by atoms with van der Waals surface area (Å²) in [5, 5.41) is 20.0. The maximum atomic E-state index is 10.8. The zero-order valence-corrected chi connectivity index (χ0v) is 13.3. The van der Waals surface area contributed by atoms with E-state index in [2.05, 4.69) is 20.2 Å². The van der Waals surface area contributed by atoms with Crippen molar-refractivity contribution in [2.75, 3.05) is 0 Å². The number of rotatable bonds is 3. The lowest BCUT2D eigenvalue weighted by molar-refractivity contribution is -0.384. The van der Waals surface area contributed by atoms with Crippen molar-refractivity contribution in [1.82, 2.24) is 19.6 Å². The summed E-state index contributed by atoms with van der Waals surface area (Å²) < 4.78 is 1.53. The first-order chi connectivity index (χ1) is 12.1. The van der Waals surface area contributed by atoms with Crippen molar-refractivity contribution in [3.8, 4) is 0 Å². The molecule has 0 aliphatic rings. The maximum Gasteiger partial charge on any atom is 0.270 e. The molecular weight excluding hydrogens is 344 g/mol. The van der Waals surface area contributed by atoms with Gasteiger partial charge in [-0.2, -0.15) is 0 Å². The summed E-state index contributed by atoms with van der Waals surface area (Å²) in [5.74, 6) is 0.241. The predicted molar refractivity (Wildman–Crippen MR) is 93.6 cm³/mol. The number of aliphatic imine (C=N–C) groups is 1. The first-order valence-electron chi connectivity index (χ1n) is 7.21. The molecule has 0 fully saturated rings. The van der Waals surface area contributed by atoms with Crippen molar-refractivity contribution < 1.29 is 4.92 Å². The van der Waals surface area contributed by atoms with Gasteiger partial charge < -0.3 is 0 Å². The van der Waals surface area contributed by atoms with E-state index >= 15 is 0 Å². The zero-order valence-electron chi connectivity index (χ0n) is 12.6. The standard InChI is InChI=1S/C16H9ClN6O2/c17-15-19-13-7-2-1-6-12(13)14-20-21-16(22(14)15)18-9-10-4-3-5-11(8-10)23(24)25/h1-9H/b18-9+. The van der Waals surface area contributed by atoms with Gasteiger partial charge in [0.25, 0.3) is 11.6 Å². The number of fused-ring (bicyclic) bond motifs is 3. The highest BCUT2D eigenvalue weighted by molar-refractivity contribution is 6.29. The minimum atomic E-state index is -0.462. The molecule has 4 aromatic rings. The Kier molecular flexibility index (Phi) is 3.58. The minimum Gasteiger partial charge on any atom is -0.258 e. The van der Waals surface area contributed by atoms with E-state index in [-0.39, 0.29) is 16.9 Å². The molecule has 0 atom stereocenters. The Bertz CT molecular complexity index is 1150. The Hall–Kier alpha value is -3.39. The molecule has 9 heteroatoms. The first kappa shape index (κ1) is 15.2. The number of aromatic nitrogens is 4. The topological polar surface area (TPSA) is 98.6 Å². The molecule has 0 spiro atoms. The molecule has 2 aromatic carbocycles. The van der Waals surface area contributed by atoms with E-state index in [0.717, 1.165) is 5.39 Å². The number of benzene rings is 2. The molecule has 2 heterocycles. The second-order valence-corrected chi connectivity index (χ2v) is 5.51. The third-order valence-corrected chi connectivity index (χ3v) is 3.85. The summed E-state index contributed by atoms with van der Waals surface area (Å²) in [7, 11) is 0. The van der Waals surface area contributed by atoms with Gasteiger partial charge in [-0.25, -0.2) is 14.4 Å². The van der Waals surface area contributed by atoms with Gasteiger partial charge >= 0.3 is 0 Å². The molecular formula is C16H9ClN6O2. The van der Waals surface area contributed by atoms with Gasteiger partial charge in [-0.15, -0.1) is 10.2 Å². The van der Waals surface area contributed by atoms with Crippen LogP contribution in [0, 0.1) is 10.1 Å². The SMILES string of the molecule is O=[N+]([O-])c1cccc(/C=N/c2nnc3c4ccccc4nc(Cl)n23)c1. The van der Waals surface area contributed by atoms with E-state index in [4.69, 9.17) is 11.6 Å². The predicted octanol–water partition coefficient (Wildman–Crippen LogP) is 3.59. The van der Waals surface area contributed by atoms with Crippen molar-refractivity contribution >= 4 is 46.0 Å². The molecule has 122 valence electrons. The Morgan fingerprint density at radius 1 is 1.16 bits per heavy atom. The summed E-state index contributed by atoms with van der Waals surface area (Å²) in [6.45, 7) is 0. The normalized spacial score (nSPS) is 11.6. The van der Waals surface area contributed by atoms with Crippen LogP contribution in [0.4, 0.5) is 11.6 Å². The van der Waals surface area contributed by atoms with Crippen molar-refractivity contribution in [1.29, 1.82) is 0 Å². The molecule has 0 N–H and O–H groups in total. The van der Waals surface area contributed by atoms with Crippen LogP contribution < -0.4 is 0 Å². The number of hydrogen-bond donors (Lipinski definition) is 0. The highest BCUT2D eigenvalue weighted by atomic mass is 35.5. The van der Waals surface area contributed by atoms with Crippen LogP contribution in [0.5, 0.6) is 0 Å². The van der Waals surface area contributed by atoms with Gasteiger partial charge in [-0.3, -0.25) is 10.1 Å². The Morgan fingerprint density at radius 2 is 2.00 bits per heavy atom. The Morgan fingerprint density at radius 3 is 2.84 bits per heavy atom. The molecule has 0 saturated carbocycles. The molecule has 25 heavy (non-hydrogen) atoms. The number of non-ortho nitro benzene ring substituents is 1. The molecule has 0 saturated heterocycles. The zero-order chi connectivity index (χ0) is 17.4. The van der Waals surface area contributed by atoms with E-state index in [0.29, 0.717) is 16.7 Å². The van der Waals surface area contributed by atoms with E-state index in [1.165, 1.54) is 22.7 Å². The fourth-order valence-electron chi connectivity index (χ4n) is 2.46. The monoisotopic (exact) mass is 352 g/mol. The average Bonchev–Trinajstić information content (AvgIpc) is 3.05. The van der Waals surface area contributed by atoms with Crippen LogP contribution in [0.1, 0.15) is 5.56 Å². The van der Waals surface area contributed by atoms with Crippen LogP contribution in [0.25, 0.3) is 16.6 Å². The number of para-hydroxylation sites is 1. The molecule has 8 nitrogen and oxygen atoms in total. The third-order valence-electron chi connectivity index (χ3n) is 3.60. The van der Waals surface area contributed by atoms with Crippen LogP contribution in [0.15, 0.2) is 53.5 Å². The van der Waals surface area contributed by atoms with Crippen molar-refractivity contribution in [3.05, 3.63) is 69.5 Å². The van der Waals surface area contributed by atoms with Gasteiger partial charge in [0.05, 0.1) is 10.4 Å². The van der Waals surface area contributed by atoms with Crippen LogP contribution >= 0.6 is 11.6 Å². The minimum absolute atomic E-state index is 0.0132. The van der Waals surface area contributed by atoms with Gasteiger partial charge in [0.15, 0.2) is 5.65 Å². The largest absolute Gasteiger partial charge is 0.270 e. The number of nitro benzene ring substituents is 1. The van der Waals surface area contributed by atoms with Gasteiger partial charge in [-0.05, 0) is 29.3 Å². The lowest BCUT2D eigenvalue weighted by atomic mass is 10.2. The van der Waals surface area contributed by atoms with Crippen molar-refractivity contribution in [2.24, 2.45) is 4.99 Å². The number of hydrogen-bond acceptors (Lipinski definition) is 6. The lowest BCUT2D eigenvalue weighted by Crippen LogP contribution is -1.93. The first-order valence-corrected chi connectivity index (χ1v) is 7.59. The van der Waals surface area contributed by atoms with E-state index in [9.17, 15) is 10.1 Å². The summed E-state index contributed by atoms with van der Waals surface area (Å²) in [4.78, 5) is 18.9. The Labute approximate surface area is 145 Å². The fraction of sp³-hybridized carbons (Fsp3) is 0. The number of halogens is 1. The smallest absolute Gasteiger partial charge is 0.258 e. The van der Waals surface area contributed by atoms with Crippen LogP contribution in [-0.4, -0.2) is 30.7 Å². The highest BCUT2D eigenvalue weighted by Gasteiger charge is 2.13. The molecule has 0 aliphatic carbocycles. The molecule has 0 aliphatic heterocycles. The second kappa shape index (κ2) is 5.91. The van der Waals surface area contributed by atoms with Crippen molar-refractivity contribution in [3.63, 3.8) is 0 Å². The van der Waals surface area contributed by atoms with E-state index < -0.39 is 4.92 Å². The van der Waals surface area contributed by atoms with E-state index in [1.807, 2.05) is 24.3 Å². The molecule has 0 unspecified atom stereocenters. The number of nitro groups is 1. The maximum absolute atomic E-state index is 10.8. The number of nitrogens with zero attached hydrogens (tertiary/aromatic N) is 6. The quantitative estimate of drug-likeness (QED) is 0.243. The van der Waals surface area contributed by atoms with Gasteiger partial charge in [0.2, 0.25) is 5.28 Å². The van der Waals surface area contributed by atoms with Crippen LogP contribution in [0.3, 0.4) is 0 Å². The van der Waals surface area contributed by atoms with Gasteiger partial charge in [0.1, 0.15) is 0 Å². The molecule has 2 aromatic heterocycles. The van der Waals surface area contributed by atoms with Gasteiger partial charge in [-0.1, -0.05) is 24.3 Å². The fourth-order valence-corrected chi connectivity index (χ4v) is 2.71. The van der Waals surface area contributed by atoms with Gasteiger partial charge in [0, 0.05) is 23.7 Å². The molecule has 0 bridgehead atoms. The Balaban J connectivity index is 1.81. The second-order valence-electron chi connectivity index (χ2n) is 5.17. The van der Waals surface area contributed by atoms with Crippen molar-refractivity contribution in [2.45, 2.75) is 0 Å². The third kappa shape index (κ3) is 2.68. The molecule has 0 radical (unpaired) electrons. The van der Waals surface area contributed by atoms with E-state index in [1.54, 1.807) is 12.1 Å². The summed E-state index contributed by atoms with van der Waals surface area (Å²) >= 11 is 6.24. The summed E-state index contributed by atoms with van der Waals surface area (Å²) in [5.41, 5.74) is 1.81. The summed E-state index contributed by atoms with van der Waals surface area (Å²) in [6.07, 6.45) is 1.47. The lowest BCUT2D eigenvalue weighted by Gasteiger charge is -2.02. The van der Waals surface area contributed by atoms with Crippen LogP contribution in [-0.2, 0) is 0 Å². The van der Waals surface area contributed by atoms with Crippen LogP contribution in [0.2, 0.25) is 5.28 Å². The summed E-state index contributed by atoms with van der Waals surface area (Å²) in [6, 6.07) is 13.6. The average molecular weight is 353 g/mol. The molecule has 0 amide bonds. The molecule has 4 rings (SSSR count). The highest BCUT2D eigenvalue weighted by Crippen LogP contribution is 2.24.